The van der Waals surface area contributed by atoms with E-state index in [0.717, 1.165) is 30.9 Å². The van der Waals surface area contributed by atoms with Crippen molar-refractivity contribution in [1.82, 2.24) is 8.61 Å². The Morgan fingerprint density at radius 2 is 0.955 bits per heavy atom. The third kappa shape index (κ3) is 8.32. The Kier molecular flexibility index (Phi) is 11.9. The molecule has 0 aromatic heterocycles. The van der Waals surface area contributed by atoms with Crippen LogP contribution in [-0.4, -0.2) is 72.6 Å². The van der Waals surface area contributed by atoms with Crippen LogP contribution < -0.4 is 0 Å². The van der Waals surface area contributed by atoms with E-state index >= 15 is 0 Å². The van der Waals surface area contributed by atoms with Crippen molar-refractivity contribution in [1.29, 1.82) is 0 Å². The van der Waals surface area contributed by atoms with Gasteiger partial charge in [0, 0.05) is 0 Å². The Hall–Kier alpha value is -2.68. The van der Waals surface area contributed by atoms with Crippen LogP contribution >= 0.6 is 31.9 Å². The van der Waals surface area contributed by atoms with Crippen LogP contribution in [0.2, 0.25) is 0 Å². The van der Waals surface area contributed by atoms with Gasteiger partial charge in [0.2, 0.25) is 0 Å². The molecule has 0 bridgehead atoms. The summed E-state index contributed by atoms with van der Waals surface area (Å²) in [6, 6.07) is 11.5. The third-order valence-corrected chi connectivity index (χ3v) is 11.7. The van der Waals surface area contributed by atoms with Gasteiger partial charge < -0.3 is 9.47 Å². The van der Waals surface area contributed by atoms with Crippen LogP contribution in [0.15, 0.2) is 81.6 Å². The molecular weight excluding hydrogens is 740 g/mol. The number of amides is 2. The fraction of sp³-hybridized carbons (Fsp3) is 0.400. The van der Waals surface area contributed by atoms with E-state index in [1.807, 2.05) is 41.5 Å². The molecule has 4 rings (SSSR count). The van der Waals surface area contributed by atoms with E-state index in [9.17, 15) is 26.4 Å². The summed E-state index contributed by atoms with van der Waals surface area (Å²) in [7, 11) is -7.94. The number of halogens is 2. The molecule has 0 aliphatic carbocycles. The normalized spacial score (nSPS) is 22.2. The lowest BCUT2D eigenvalue weighted by molar-refractivity contribution is 0.0919. The second kappa shape index (κ2) is 14.6. The molecule has 0 saturated carbocycles. The second-order valence-electron chi connectivity index (χ2n) is 10.9. The molecule has 44 heavy (non-hydrogen) atoms. The molecule has 14 heteroatoms. The average molecular weight is 777 g/mol. The number of carbonyl (C=O) groups is 2. The number of allylic oxidation sites excluding steroid dienone is 2. The van der Waals surface area contributed by atoms with Crippen molar-refractivity contribution < 1.29 is 35.9 Å². The number of hydrogen-bond acceptors (Lipinski definition) is 8. The van der Waals surface area contributed by atoms with Crippen LogP contribution in [0.1, 0.15) is 38.8 Å². The van der Waals surface area contributed by atoms with Crippen molar-refractivity contribution >= 4 is 64.1 Å². The van der Waals surface area contributed by atoms with Gasteiger partial charge in [-0.3, -0.25) is 0 Å². The molecule has 4 atom stereocenters. The van der Waals surface area contributed by atoms with Crippen molar-refractivity contribution in [2.45, 2.75) is 73.1 Å². The highest BCUT2D eigenvalue weighted by molar-refractivity contribution is 9.09. The van der Waals surface area contributed by atoms with Gasteiger partial charge in [0.25, 0.3) is 20.0 Å². The van der Waals surface area contributed by atoms with Gasteiger partial charge in [-0.1, -0.05) is 90.6 Å². The molecular formula is C30H36Br2N2O8S2. The summed E-state index contributed by atoms with van der Waals surface area (Å²) < 4.78 is 62.9. The number of carbonyl (C=O) groups excluding carboxylic acids is 2. The lowest BCUT2D eigenvalue weighted by Crippen LogP contribution is -2.53. The van der Waals surface area contributed by atoms with E-state index in [4.69, 9.17) is 9.47 Å². The minimum absolute atomic E-state index is 0.0730. The van der Waals surface area contributed by atoms with Crippen LogP contribution in [-0.2, 0) is 29.5 Å². The number of nitrogens with zero attached hydrogens (tertiary/aromatic N) is 2. The molecule has 2 aromatic carbocycles. The highest BCUT2D eigenvalue weighted by Crippen LogP contribution is 2.30. The summed E-state index contributed by atoms with van der Waals surface area (Å²) >= 11 is 6.80. The Morgan fingerprint density at radius 1 is 0.659 bits per heavy atom. The molecule has 2 heterocycles. The summed E-state index contributed by atoms with van der Waals surface area (Å²) in [6.45, 7) is 11.4. The first-order valence-electron chi connectivity index (χ1n) is 13.6. The minimum atomic E-state index is -3.97. The largest absolute Gasteiger partial charge is 0.447 e. The molecule has 2 saturated heterocycles. The van der Waals surface area contributed by atoms with Gasteiger partial charge in [-0.2, -0.15) is 8.61 Å². The Bertz CT molecular complexity index is 1510. The first-order chi connectivity index (χ1) is 20.5. The summed E-state index contributed by atoms with van der Waals surface area (Å²) in [6.07, 6.45) is 1.81. The Labute approximate surface area is 276 Å². The molecule has 240 valence electrons. The maximum Gasteiger partial charge on any atom is 0.424 e. The van der Waals surface area contributed by atoms with E-state index in [0.29, 0.717) is 0 Å². The maximum absolute atomic E-state index is 12.8. The molecule has 2 fully saturated rings. The predicted molar refractivity (Wildman–Crippen MR) is 175 cm³/mol. The SMILES string of the molecule is CC(C)=C[C@@H]1[C@@H](Br)COC(=O)N1S(=O)(=O)c1ccc(C)cc1.CC(C)=C[C@@H]1[C@@H](Br)COC(=O)N1S(=O)(=O)c1ccc(C)cc1. The standard InChI is InChI=1S/2C15H18BrNO4S/c2*1-10(2)8-14-13(16)9-21-15(18)17(14)22(19,20)12-6-4-11(3)5-7-12/h2*4-8,13-14H,9H2,1-3H3/t2*13-,14+/m00/s1. The molecule has 0 N–H and O–H groups in total. The zero-order chi connectivity index (χ0) is 33.0. The fourth-order valence-electron chi connectivity index (χ4n) is 4.36. The summed E-state index contributed by atoms with van der Waals surface area (Å²) in [5.74, 6) is 0. The Balaban J connectivity index is 0.000000240. The molecule has 2 aromatic rings. The van der Waals surface area contributed by atoms with Crippen molar-refractivity contribution in [3.05, 3.63) is 83.0 Å². The minimum Gasteiger partial charge on any atom is -0.447 e. The monoisotopic (exact) mass is 774 g/mol. The van der Waals surface area contributed by atoms with Crippen molar-refractivity contribution in [2.75, 3.05) is 13.2 Å². The van der Waals surface area contributed by atoms with E-state index < -0.39 is 44.3 Å². The third-order valence-electron chi connectivity index (χ3n) is 6.54. The highest BCUT2D eigenvalue weighted by atomic mass is 79.9. The zero-order valence-electron chi connectivity index (χ0n) is 25.2. The van der Waals surface area contributed by atoms with Crippen LogP contribution in [0, 0.1) is 13.8 Å². The number of ether oxygens (including phenoxy) is 2. The lowest BCUT2D eigenvalue weighted by atomic mass is 10.1. The highest BCUT2D eigenvalue weighted by Gasteiger charge is 2.44. The number of aryl methyl sites for hydroxylation is 2. The van der Waals surface area contributed by atoms with Crippen molar-refractivity contribution in [3.8, 4) is 0 Å². The van der Waals surface area contributed by atoms with Crippen molar-refractivity contribution in [2.24, 2.45) is 0 Å². The van der Waals surface area contributed by atoms with E-state index in [-0.39, 0.29) is 32.7 Å². The van der Waals surface area contributed by atoms with Crippen LogP contribution in [0.4, 0.5) is 9.59 Å². The smallest absolute Gasteiger partial charge is 0.424 e. The molecule has 0 spiro atoms. The summed E-state index contributed by atoms with van der Waals surface area (Å²) in [4.78, 5) is 23.7. The number of alkyl halides is 2. The van der Waals surface area contributed by atoms with Crippen molar-refractivity contribution in [3.63, 3.8) is 0 Å². The molecule has 2 amide bonds. The van der Waals surface area contributed by atoms with Gasteiger partial charge in [0.1, 0.15) is 13.2 Å². The number of sulfonamides is 2. The van der Waals surface area contributed by atoms with Gasteiger partial charge >= 0.3 is 12.2 Å². The number of rotatable bonds is 6. The van der Waals surface area contributed by atoms with Crippen LogP contribution in [0.3, 0.4) is 0 Å². The first kappa shape index (κ1) is 35.8. The number of benzene rings is 2. The molecule has 2 aliphatic heterocycles. The molecule has 0 radical (unpaired) electrons. The van der Waals surface area contributed by atoms with Crippen LogP contribution in [0.5, 0.6) is 0 Å². The van der Waals surface area contributed by atoms with Gasteiger partial charge in [0.15, 0.2) is 0 Å². The fourth-order valence-corrected chi connectivity index (χ4v) is 8.68. The molecule has 10 nitrogen and oxygen atoms in total. The van der Waals surface area contributed by atoms with E-state index in [1.165, 1.54) is 24.3 Å². The Morgan fingerprint density at radius 3 is 1.23 bits per heavy atom. The van der Waals surface area contributed by atoms with E-state index in [2.05, 4.69) is 31.9 Å². The van der Waals surface area contributed by atoms with E-state index in [1.54, 1.807) is 36.4 Å². The topological polar surface area (TPSA) is 127 Å². The van der Waals surface area contributed by atoms with Gasteiger partial charge in [0.05, 0.1) is 31.5 Å². The number of hydrogen-bond donors (Lipinski definition) is 0. The van der Waals surface area contributed by atoms with Gasteiger partial charge in [-0.25, -0.2) is 26.4 Å². The molecule has 2 aliphatic rings. The van der Waals surface area contributed by atoms with Gasteiger partial charge in [-0.05, 0) is 65.8 Å². The average Bonchev–Trinajstić information content (AvgIpc) is 2.93. The summed E-state index contributed by atoms with van der Waals surface area (Å²) in [5, 5.41) is 0. The quantitative estimate of drug-likeness (QED) is 0.242. The van der Waals surface area contributed by atoms with Crippen LogP contribution in [0.25, 0.3) is 0 Å². The zero-order valence-corrected chi connectivity index (χ0v) is 30.0. The lowest BCUT2D eigenvalue weighted by Gasteiger charge is -2.35. The van der Waals surface area contributed by atoms with Gasteiger partial charge in [-0.15, -0.1) is 0 Å². The number of cyclic esters (lactones) is 2. The summed E-state index contributed by atoms with van der Waals surface area (Å²) in [5.41, 5.74) is 3.74. The molecule has 0 unspecified atom stereocenters. The first-order valence-corrected chi connectivity index (χ1v) is 18.3. The second-order valence-corrected chi connectivity index (χ2v) is 16.9. The maximum atomic E-state index is 12.8. The predicted octanol–water partition coefficient (Wildman–Crippen LogP) is 6.47.